The molecule has 43 heavy (non-hydrogen) atoms. The summed E-state index contributed by atoms with van der Waals surface area (Å²) in [6.07, 6.45) is -0.00577. The van der Waals surface area contributed by atoms with Crippen LogP contribution in [0.4, 0.5) is 27.6 Å². The van der Waals surface area contributed by atoms with Crippen molar-refractivity contribution in [3.8, 4) is 5.75 Å². The van der Waals surface area contributed by atoms with E-state index in [1.54, 1.807) is 0 Å². The lowest BCUT2D eigenvalue weighted by Crippen LogP contribution is -2.58. The van der Waals surface area contributed by atoms with Crippen LogP contribution in [0.15, 0.2) is 30.3 Å². The lowest BCUT2D eigenvalue weighted by atomic mass is 9.85. The Labute approximate surface area is 242 Å². The van der Waals surface area contributed by atoms with Gasteiger partial charge in [0.2, 0.25) is 23.4 Å². The third kappa shape index (κ3) is 8.26. The minimum Gasteiger partial charge on any atom is -0.479 e. The summed E-state index contributed by atoms with van der Waals surface area (Å²) in [5.74, 6) is -15.4. The van der Waals surface area contributed by atoms with E-state index in [0.717, 1.165) is 6.07 Å². The number of anilines is 1. The quantitative estimate of drug-likeness (QED) is 0.185. The van der Waals surface area contributed by atoms with E-state index in [-0.39, 0.29) is 31.1 Å². The van der Waals surface area contributed by atoms with Gasteiger partial charge in [0.15, 0.2) is 23.2 Å². The molecule has 0 aromatic heterocycles. The number of nitrogens with one attached hydrogen (secondary N) is 4. The molecule has 1 aliphatic rings. The van der Waals surface area contributed by atoms with E-state index >= 15 is 0 Å². The first-order valence-corrected chi connectivity index (χ1v) is 13.0. The van der Waals surface area contributed by atoms with Crippen molar-refractivity contribution in [1.29, 1.82) is 0 Å². The molecule has 15 heteroatoms. The zero-order valence-corrected chi connectivity index (χ0v) is 23.3. The molecule has 232 valence electrons. The van der Waals surface area contributed by atoms with Crippen LogP contribution in [-0.2, 0) is 24.0 Å². The molecule has 1 saturated heterocycles. The Morgan fingerprint density at radius 2 is 1.58 bits per heavy atom. The Bertz CT molecular complexity index is 1400. The molecule has 0 aliphatic carbocycles. The maximum Gasteiger partial charge on any atom is 0.313 e. The van der Waals surface area contributed by atoms with Crippen molar-refractivity contribution in [3.63, 3.8) is 0 Å². The third-order valence-corrected chi connectivity index (χ3v) is 6.55. The molecule has 4 amide bonds. The molecule has 2 aromatic carbocycles. The van der Waals surface area contributed by atoms with Gasteiger partial charge in [0.05, 0.1) is 11.7 Å². The highest BCUT2D eigenvalue weighted by molar-refractivity contribution is 6.40. The number of hydrogen-bond acceptors (Lipinski definition) is 6. The van der Waals surface area contributed by atoms with Gasteiger partial charge in [-0.15, -0.1) is 0 Å². The summed E-state index contributed by atoms with van der Waals surface area (Å²) in [7, 11) is 0. The first kappa shape index (κ1) is 32.9. The number of halogens is 5. The van der Waals surface area contributed by atoms with E-state index in [9.17, 15) is 45.9 Å². The topological polar surface area (TPSA) is 143 Å². The first-order chi connectivity index (χ1) is 20.1. The van der Waals surface area contributed by atoms with Crippen LogP contribution in [-0.4, -0.2) is 54.6 Å². The molecule has 0 saturated carbocycles. The molecule has 0 radical (unpaired) electrons. The Hall–Kier alpha value is -4.56. The van der Waals surface area contributed by atoms with Gasteiger partial charge in [0.25, 0.3) is 0 Å². The van der Waals surface area contributed by atoms with Gasteiger partial charge in [-0.25, -0.2) is 13.2 Å². The van der Waals surface area contributed by atoms with E-state index in [0.29, 0.717) is 0 Å². The lowest BCUT2D eigenvalue weighted by molar-refractivity contribution is -0.140. The zero-order chi connectivity index (χ0) is 32.1. The van der Waals surface area contributed by atoms with Crippen molar-refractivity contribution in [2.24, 2.45) is 11.3 Å². The minimum absolute atomic E-state index is 0.0430. The fraction of sp³-hybridized carbons (Fsp3) is 0.393. The average Bonchev–Trinajstić information content (AvgIpc) is 3.34. The van der Waals surface area contributed by atoms with Crippen LogP contribution >= 0.6 is 0 Å². The number of benzene rings is 2. The number of rotatable bonds is 10. The molecule has 1 aliphatic heterocycles. The van der Waals surface area contributed by atoms with Crippen LogP contribution in [0.1, 0.15) is 33.6 Å². The maximum absolute atomic E-state index is 14.0. The second-order valence-electron chi connectivity index (χ2n) is 10.8. The van der Waals surface area contributed by atoms with Gasteiger partial charge in [0.1, 0.15) is 18.5 Å². The summed E-state index contributed by atoms with van der Waals surface area (Å²) >= 11 is 0. The van der Waals surface area contributed by atoms with Crippen molar-refractivity contribution in [3.05, 3.63) is 59.4 Å². The third-order valence-electron chi connectivity index (χ3n) is 6.55. The van der Waals surface area contributed by atoms with Crippen molar-refractivity contribution in [2.45, 2.75) is 45.7 Å². The van der Waals surface area contributed by atoms with Gasteiger partial charge < -0.3 is 26.0 Å². The summed E-state index contributed by atoms with van der Waals surface area (Å²) < 4.78 is 73.8. The summed E-state index contributed by atoms with van der Waals surface area (Å²) in [4.78, 5) is 63.7. The monoisotopic (exact) mass is 612 g/mol. The standard InChI is InChI=1S/C28H29F5N4O6/c1-28(2,3)23(37-27(42)26(41)35-17-7-5-4-6-14(17)29)25(40)36-18(10-13-8-9-34-24(13)39)19(38)12-43-22-20(32)15(30)11-16(31)21(22)33/h4-7,11,13,18,23H,8-10,12H2,1-3H3,(H,34,39)(H,35,41)(H,36,40)(H,37,42)/t13-,18?,23+/m0/s1. The van der Waals surface area contributed by atoms with Crippen molar-refractivity contribution >= 4 is 35.1 Å². The average molecular weight is 613 g/mol. The van der Waals surface area contributed by atoms with Crippen molar-refractivity contribution in [1.82, 2.24) is 16.0 Å². The van der Waals surface area contributed by atoms with Crippen molar-refractivity contribution < 1.29 is 50.7 Å². The predicted octanol–water partition coefficient (Wildman–Crippen LogP) is 2.51. The number of carbonyl (C=O) groups is 5. The Kier molecular flexibility index (Phi) is 10.4. The molecule has 2 aromatic rings. The summed E-state index contributed by atoms with van der Waals surface area (Å²) in [6.45, 7) is 3.71. The molecule has 1 fully saturated rings. The van der Waals surface area contributed by atoms with Gasteiger partial charge in [-0.05, 0) is 30.4 Å². The van der Waals surface area contributed by atoms with Crippen LogP contribution in [0.25, 0.3) is 0 Å². The summed E-state index contributed by atoms with van der Waals surface area (Å²) in [5.41, 5.74) is -1.36. The molecule has 0 spiro atoms. The predicted molar refractivity (Wildman–Crippen MR) is 141 cm³/mol. The number of ether oxygens (including phenoxy) is 1. The molecular weight excluding hydrogens is 583 g/mol. The summed E-state index contributed by atoms with van der Waals surface area (Å²) in [5, 5.41) is 9.25. The van der Waals surface area contributed by atoms with Crippen LogP contribution in [0.3, 0.4) is 0 Å². The van der Waals surface area contributed by atoms with Crippen LogP contribution < -0.4 is 26.0 Å². The number of amides is 4. The molecule has 1 unspecified atom stereocenters. The molecule has 3 atom stereocenters. The molecule has 1 heterocycles. The fourth-order valence-electron chi connectivity index (χ4n) is 4.22. The number of ketones is 1. The van der Waals surface area contributed by atoms with E-state index < -0.39 is 94.3 Å². The van der Waals surface area contributed by atoms with E-state index in [1.165, 1.54) is 39.0 Å². The first-order valence-electron chi connectivity index (χ1n) is 13.0. The Morgan fingerprint density at radius 3 is 2.14 bits per heavy atom. The molecular formula is C28H29F5N4O6. The summed E-state index contributed by atoms with van der Waals surface area (Å²) in [6, 6.07) is 2.01. The largest absolute Gasteiger partial charge is 0.479 e. The maximum atomic E-state index is 14.0. The minimum atomic E-state index is -1.88. The van der Waals surface area contributed by atoms with Gasteiger partial charge in [-0.2, -0.15) is 8.78 Å². The number of carbonyl (C=O) groups excluding carboxylic acids is 5. The second-order valence-corrected chi connectivity index (χ2v) is 10.8. The van der Waals surface area contributed by atoms with Gasteiger partial charge in [-0.3, -0.25) is 24.0 Å². The van der Waals surface area contributed by atoms with E-state index in [4.69, 9.17) is 4.74 Å². The molecule has 3 rings (SSSR count). The van der Waals surface area contributed by atoms with E-state index in [1.807, 2.05) is 0 Å². The van der Waals surface area contributed by atoms with Crippen LogP contribution in [0.2, 0.25) is 0 Å². The normalized spacial score (nSPS) is 16.1. The highest BCUT2D eigenvalue weighted by Gasteiger charge is 2.38. The lowest BCUT2D eigenvalue weighted by Gasteiger charge is -2.32. The number of para-hydroxylation sites is 1. The molecule has 10 nitrogen and oxygen atoms in total. The zero-order valence-electron chi connectivity index (χ0n) is 23.3. The van der Waals surface area contributed by atoms with Crippen LogP contribution in [0, 0.1) is 40.4 Å². The van der Waals surface area contributed by atoms with Crippen LogP contribution in [0.5, 0.6) is 5.75 Å². The Balaban J connectivity index is 1.78. The smallest absolute Gasteiger partial charge is 0.313 e. The van der Waals surface area contributed by atoms with Crippen molar-refractivity contribution in [2.75, 3.05) is 18.5 Å². The molecule has 4 N–H and O–H groups in total. The number of hydrogen-bond donors (Lipinski definition) is 4. The van der Waals surface area contributed by atoms with Gasteiger partial charge in [0, 0.05) is 18.5 Å². The van der Waals surface area contributed by atoms with Gasteiger partial charge >= 0.3 is 11.8 Å². The van der Waals surface area contributed by atoms with E-state index in [2.05, 4.69) is 21.3 Å². The Morgan fingerprint density at radius 1 is 0.953 bits per heavy atom. The number of Topliss-reactive ketones (excluding diaryl/α,β-unsaturated/α-hetero) is 1. The highest BCUT2D eigenvalue weighted by Crippen LogP contribution is 2.27. The molecule has 0 bridgehead atoms. The second kappa shape index (κ2) is 13.6. The van der Waals surface area contributed by atoms with Gasteiger partial charge in [-0.1, -0.05) is 32.9 Å². The SMILES string of the molecule is CC(C)(C)[C@H](NC(=O)C(=O)Nc1ccccc1F)C(=O)NC(C[C@@H]1CCNC1=O)C(=O)COc1c(F)c(F)cc(F)c1F. The fourth-order valence-corrected chi connectivity index (χ4v) is 4.22. The highest BCUT2D eigenvalue weighted by atomic mass is 19.2.